The summed E-state index contributed by atoms with van der Waals surface area (Å²) in [6.45, 7) is 2.68. The summed E-state index contributed by atoms with van der Waals surface area (Å²) in [5.74, 6) is -0.866. The van der Waals surface area contributed by atoms with Gasteiger partial charge in [-0.15, -0.1) is 0 Å². The van der Waals surface area contributed by atoms with Gasteiger partial charge in [-0.05, 0) is 13.0 Å². The van der Waals surface area contributed by atoms with Crippen molar-refractivity contribution in [1.82, 2.24) is 5.32 Å². The molecular weight excluding hydrogens is 325 g/mol. The highest BCUT2D eigenvalue weighted by Gasteiger charge is 2.38. The molecule has 5 nitrogen and oxygen atoms in total. The van der Waals surface area contributed by atoms with Gasteiger partial charge in [0.1, 0.15) is 13.0 Å². The topological polar surface area (TPSA) is 59.8 Å². The predicted octanol–water partition coefficient (Wildman–Crippen LogP) is 0.542. The maximum atomic E-state index is 13.1. The molecule has 132 valence electrons. The number of amides is 1. The summed E-state index contributed by atoms with van der Waals surface area (Å²) in [7, 11) is 0. The predicted molar refractivity (Wildman–Crippen MR) is 79.0 cm³/mol. The number of piperazine rings is 1. The monoisotopic (exact) mass is 345 g/mol. The number of hydrogen-bond donors (Lipinski definition) is 2. The standard InChI is InChI=1S/C16H19F3N2O3/c1-2-24-14(22)9-13-15(23)20-7-8-21(13)10-11-5-3-4-6-12(11)16(17,18)19/h3-6,13H,2,7-10H2,1H3,(H,20,23)/p+1/t13-/m0/s1. The summed E-state index contributed by atoms with van der Waals surface area (Å²) in [5, 5.41) is 2.65. The summed E-state index contributed by atoms with van der Waals surface area (Å²) in [6, 6.07) is 4.55. The van der Waals surface area contributed by atoms with Crippen LogP contribution in [0.15, 0.2) is 24.3 Å². The van der Waals surface area contributed by atoms with Crippen LogP contribution in [0, 0.1) is 0 Å². The minimum Gasteiger partial charge on any atom is -0.466 e. The first kappa shape index (κ1) is 18.3. The molecule has 0 bridgehead atoms. The minimum atomic E-state index is -4.45. The van der Waals surface area contributed by atoms with E-state index < -0.39 is 23.8 Å². The van der Waals surface area contributed by atoms with Crippen LogP contribution in [0.3, 0.4) is 0 Å². The van der Waals surface area contributed by atoms with Gasteiger partial charge in [0, 0.05) is 5.56 Å². The molecule has 1 aliphatic rings. The lowest BCUT2D eigenvalue weighted by molar-refractivity contribution is -0.930. The van der Waals surface area contributed by atoms with E-state index in [0.717, 1.165) is 6.07 Å². The maximum Gasteiger partial charge on any atom is 0.416 e. The summed E-state index contributed by atoms with van der Waals surface area (Å²) >= 11 is 0. The van der Waals surface area contributed by atoms with Crippen LogP contribution in [0.25, 0.3) is 0 Å². The smallest absolute Gasteiger partial charge is 0.416 e. The Morgan fingerprint density at radius 1 is 1.38 bits per heavy atom. The lowest BCUT2D eigenvalue weighted by atomic mass is 10.0. The SMILES string of the molecule is CCOC(=O)C[C@H]1C(=O)NCC[NH+]1Cc1ccccc1C(F)(F)F. The third-order valence-electron chi connectivity index (χ3n) is 3.97. The van der Waals surface area contributed by atoms with E-state index in [1.54, 1.807) is 6.92 Å². The first-order valence-electron chi connectivity index (χ1n) is 7.76. The number of carbonyl (C=O) groups excluding carboxylic acids is 2. The van der Waals surface area contributed by atoms with Crippen LogP contribution >= 0.6 is 0 Å². The fraction of sp³-hybridized carbons (Fsp3) is 0.500. The number of halogens is 3. The van der Waals surface area contributed by atoms with Gasteiger partial charge in [0.15, 0.2) is 6.04 Å². The Labute approximate surface area is 137 Å². The zero-order valence-electron chi connectivity index (χ0n) is 13.3. The van der Waals surface area contributed by atoms with Gasteiger partial charge in [0.25, 0.3) is 5.91 Å². The van der Waals surface area contributed by atoms with E-state index in [1.165, 1.54) is 18.2 Å². The lowest BCUT2D eigenvalue weighted by Crippen LogP contribution is -3.18. The van der Waals surface area contributed by atoms with Crippen LogP contribution in [0.5, 0.6) is 0 Å². The largest absolute Gasteiger partial charge is 0.466 e. The Hall–Kier alpha value is -2.09. The first-order valence-corrected chi connectivity index (χ1v) is 7.76. The molecule has 1 amide bonds. The van der Waals surface area contributed by atoms with Crippen molar-refractivity contribution in [3.8, 4) is 0 Å². The second-order valence-electron chi connectivity index (χ2n) is 5.59. The van der Waals surface area contributed by atoms with Crippen LogP contribution in [0.4, 0.5) is 13.2 Å². The Morgan fingerprint density at radius 2 is 2.08 bits per heavy atom. The Bertz CT molecular complexity index is 604. The highest BCUT2D eigenvalue weighted by atomic mass is 19.4. The third-order valence-corrected chi connectivity index (χ3v) is 3.97. The molecule has 0 aromatic heterocycles. The molecular formula is C16H20F3N2O3+. The summed E-state index contributed by atoms with van der Waals surface area (Å²) in [5.41, 5.74) is -0.595. The zero-order valence-corrected chi connectivity index (χ0v) is 13.3. The highest BCUT2D eigenvalue weighted by Crippen LogP contribution is 2.31. The van der Waals surface area contributed by atoms with Crippen molar-refractivity contribution in [1.29, 1.82) is 0 Å². The molecule has 0 aliphatic carbocycles. The molecule has 1 aromatic carbocycles. The number of rotatable bonds is 5. The van der Waals surface area contributed by atoms with E-state index >= 15 is 0 Å². The van der Waals surface area contributed by atoms with Crippen molar-refractivity contribution in [3.05, 3.63) is 35.4 Å². The summed E-state index contributed by atoms with van der Waals surface area (Å²) in [4.78, 5) is 24.4. The number of nitrogens with one attached hydrogen (secondary N) is 2. The second kappa shape index (κ2) is 7.65. The number of esters is 1. The minimum absolute atomic E-state index is 0.0210. The third kappa shape index (κ3) is 4.47. The van der Waals surface area contributed by atoms with Crippen LogP contribution in [-0.4, -0.2) is 37.6 Å². The number of benzene rings is 1. The van der Waals surface area contributed by atoms with E-state index in [9.17, 15) is 22.8 Å². The van der Waals surface area contributed by atoms with Gasteiger partial charge in [-0.3, -0.25) is 9.59 Å². The molecule has 1 heterocycles. The van der Waals surface area contributed by atoms with Gasteiger partial charge >= 0.3 is 12.1 Å². The van der Waals surface area contributed by atoms with E-state index in [4.69, 9.17) is 4.74 Å². The second-order valence-corrected chi connectivity index (χ2v) is 5.59. The molecule has 1 fully saturated rings. The van der Waals surface area contributed by atoms with Crippen molar-refractivity contribution < 1.29 is 32.4 Å². The molecule has 0 spiro atoms. The fourth-order valence-electron chi connectivity index (χ4n) is 2.86. The van der Waals surface area contributed by atoms with Gasteiger partial charge in [-0.2, -0.15) is 13.2 Å². The van der Waals surface area contributed by atoms with Gasteiger partial charge in [-0.25, -0.2) is 0 Å². The first-order chi connectivity index (χ1) is 11.3. The molecule has 2 N–H and O–H groups in total. The molecule has 1 saturated heterocycles. The fourth-order valence-corrected chi connectivity index (χ4v) is 2.86. The molecule has 0 saturated carbocycles. The van der Waals surface area contributed by atoms with E-state index in [0.29, 0.717) is 18.0 Å². The van der Waals surface area contributed by atoms with Crippen LogP contribution in [0.1, 0.15) is 24.5 Å². The molecule has 1 unspecified atom stereocenters. The molecule has 1 aliphatic heterocycles. The molecule has 2 rings (SSSR count). The number of ether oxygens (including phenoxy) is 1. The van der Waals surface area contributed by atoms with Crippen molar-refractivity contribution in [2.75, 3.05) is 19.7 Å². The number of alkyl halides is 3. The zero-order chi connectivity index (χ0) is 17.7. The van der Waals surface area contributed by atoms with Gasteiger partial charge in [0.2, 0.25) is 0 Å². The number of hydrogen-bond acceptors (Lipinski definition) is 3. The van der Waals surface area contributed by atoms with Crippen LogP contribution < -0.4 is 10.2 Å². The molecule has 8 heteroatoms. The van der Waals surface area contributed by atoms with Crippen LogP contribution in [-0.2, 0) is 27.0 Å². The molecule has 2 atom stereocenters. The molecule has 0 radical (unpaired) electrons. The molecule has 1 aromatic rings. The van der Waals surface area contributed by atoms with Crippen molar-refractivity contribution in [2.45, 2.75) is 32.1 Å². The average Bonchev–Trinajstić information content (AvgIpc) is 2.50. The lowest BCUT2D eigenvalue weighted by Gasteiger charge is -2.32. The summed E-state index contributed by atoms with van der Waals surface area (Å²) in [6.07, 6.45) is -4.60. The van der Waals surface area contributed by atoms with E-state index in [-0.39, 0.29) is 31.0 Å². The quantitative estimate of drug-likeness (QED) is 0.766. The maximum absolute atomic E-state index is 13.1. The number of carbonyl (C=O) groups is 2. The van der Waals surface area contributed by atoms with Gasteiger partial charge in [-0.1, -0.05) is 18.2 Å². The average molecular weight is 345 g/mol. The van der Waals surface area contributed by atoms with Crippen molar-refractivity contribution in [3.63, 3.8) is 0 Å². The van der Waals surface area contributed by atoms with E-state index in [1.807, 2.05) is 0 Å². The van der Waals surface area contributed by atoms with E-state index in [2.05, 4.69) is 5.32 Å². The Balaban J connectivity index is 2.20. The number of quaternary nitrogens is 1. The van der Waals surface area contributed by atoms with Crippen LogP contribution in [0.2, 0.25) is 0 Å². The summed E-state index contributed by atoms with van der Waals surface area (Å²) < 4.78 is 44.2. The normalized spacial score (nSPS) is 21.2. The highest BCUT2D eigenvalue weighted by molar-refractivity contribution is 5.85. The van der Waals surface area contributed by atoms with Crippen molar-refractivity contribution >= 4 is 11.9 Å². The Morgan fingerprint density at radius 3 is 2.75 bits per heavy atom. The Kier molecular flexibility index (Phi) is 5.82. The van der Waals surface area contributed by atoms with Gasteiger partial charge < -0.3 is 15.0 Å². The van der Waals surface area contributed by atoms with Crippen molar-refractivity contribution in [2.24, 2.45) is 0 Å². The van der Waals surface area contributed by atoms with Gasteiger partial charge in [0.05, 0.1) is 25.3 Å². The molecule has 24 heavy (non-hydrogen) atoms.